The zero-order valence-corrected chi connectivity index (χ0v) is 8.69. The number of rotatable bonds is 2. The second-order valence-corrected chi connectivity index (χ2v) is 3.79. The van der Waals surface area contributed by atoms with Crippen molar-refractivity contribution in [3.8, 4) is 6.07 Å². The van der Waals surface area contributed by atoms with Gasteiger partial charge in [-0.2, -0.15) is 5.26 Å². The minimum absolute atomic E-state index is 0.498. The Morgan fingerprint density at radius 2 is 2.19 bits per heavy atom. The Hall–Kier alpha value is -2.28. The van der Waals surface area contributed by atoms with Crippen molar-refractivity contribution in [2.45, 2.75) is 12.3 Å². The maximum atomic E-state index is 11.2. The lowest BCUT2D eigenvalue weighted by molar-refractivity contribution is -0.140. The molecule has 0 radical (unpaired) electrons. The number of fused-ring (bicyclic) bond motifs is 1. The number of H-pyrrole nitrogens is 1. The maximum Gasteiger partial charge on any atom is 0.328 e. The first-order valence-corrected chi connectivity index (χ1v) is 4.81. The van der Waals surface area contributed by atoms with E-state index in [1.807, 2.05) is 24.3 Å². The fourth-order valence-corrected chi connectivity index (χ4v) is 1.71. The Morgan fingerprint density at radius 3 is 2.81 bits per heavy atom. The summed E-state index contributed by atoms with van der Waals surface area (Å²) in [6, 6.07) is 9.18. The Bertz CT molecular complexity index is 594. The predicted octanol–water partition coefficient (Wildman–Crippen LogP) is 2.03. The number of aliphatic carboxylic acids is 1. The molecular formula is C12H10N2O2. The van der Waals surface area contributed by atoms with Crippen molar-refractivity contribution in [1.29, 1.82) is 5.26 Å². The van der Waals surface area contributed by atoms with Crippen molar-refractivity contribution in [3.63, 3.8) is 0 Å². The van der Waals surface area contributed by atoms with Crippen molar-refractivity contribution in [2.75, 3.05) is 0 Å². The van der Waals surface area contributed by atoms with Crippen LogP contribution in [-0.2, 0) is 10.2 Å². The minimum atomic E-state index is -1.51. The number of para-hydroxylation sites is 1. The quantitative estimate of drug-likeness (QED) is 0.802. The van der Waals surface area contributed by atoms with E-state index in [1.165, 1.54) is 6.92 Å². The number of aromatic amines is 1. The number of nitriles is 1. The third-order valence-electron chi connectivity index (χ3n) is 2.78. The number of carboxylic acid groups (broad SMARTS) is 1. The number of hydrogen-bond donors (Lipinski definition) is 2. The van der Waals surface area contributed by atoms with E-state index in [0.29, 0.717) is 5.56 Å². The molecular weight excluding hydrogens is 204 g/mol. The van der Waals surface area contributed by atoms with Gasteiger partial charge in [0.15, 0.2) is 5.41 Å². The maximum absolute atomic E-state index is 11.2. The highest BCUT2D eigenvalue weighted by atomic mass is 16.4. The largest absolute Gasteiger partial charge is 0.480 e. The molecule has 16 heavy (non-hydrogen) atoms. The van der Waals surface area contributed by atoms with Crippen LogP contribution in [0.4, 0.5) is 0 Å². The van der Waals surface area contributed by atoms with Crippen molar-refractivity contribution >= 4 is 16.9 Å². The van der Waals surface area contributed by atoms with E-state index in [0.717, 1.165) is 10.9 Å². The number of hydrogen-bond acceptors (Lipinski definition) is 2. The van der Waals surface area contributed by atoms with Gasteiger partial charge < -0.3 is 10.1 Å². The van der Waals surface area contributed by atoms with Gasteiger partial charge in [0.1, 0.15) is 0 Å². The standard InChI is InChI=1S/C12H10N2O2/c1-12(7-13,11(15)16)9-6-14-10-5-3-2-4-8(9)10/h2-6,14H,1H3,(H,15,16). The predicted molar refractivity (Wildman–Crippen MR) is 58.9 cm³/mol. The van der Waals surface area contributed by atoms with Crippen LogP contribution in [0.25, 0.3) is 10.9 Å². The van der Waals surface area contributed by atoms with Gasteiger partial charge in [0.25, 0.3) is 0 Å². The summed E-state index contributed by atoms with van der Waals surface area (Å²) in [7, 11) is 0. The van der Waals surface area contributed by atoms with Crippen molar-refractivity contribution in [2.24, 2.45) is 0 Å². The van der Waals surface area contributed by atoms with E-state index >= 15 is 0 Å². The molecule has 2 rings (SSSR count). The van der Waals surface area contributed by atoms with Crippen LogP contribution in [0.3, 0.4) is 0 Å². The molecule has 1 aromatic carbocycles. The first kappa shape index (κ1) is 10.2. The number of benzene rings is 1. The molecule has 2 N–H and O–H groups in total. The smallest absolute Gasteiger partial charge is 0.328 e. The zero-order valence-electron chi connectivity index (χ0n) is 8.69. The molecule has 2 aromatic rings. The Balaban J connectivity index is 2.73. The second kappa shape index (κ2) is 3.38. The zero-order chi connectivity index (χ0) is 11.8. The number of carbonyl (C=O) groups is 1. The summed E-state index contributed by atoms with van der Waals surface area (Å²) in [5.41, 5.74) is -0.182. The average molecular weight is 214 g/mol. The van der Waals surface area contributed by atoms with E-state index in [-0.39, 0.29) is 0 Å². The lowest BCUT2D eigenvalue weighted by atomic mass is 9.84. The molecule has 1 aromatic heterocycles. The van der Waals surface area contributed by atoms with Crippen molar-refractivity contribution in [3.05, 3.63) is 36.0 Å². The molecule has 1 heterocycles. The summed E-state index contributed by atoms with van der Waals surface area (Å²) < 4.78 is 0. The lowest BCUT2D eigenvalue weighted by Crippen LogP contribution is -2.30. The van der Waals surface area contributed by atoms with Gasteiger partial charge in [0.2, 0.25) is 0 Å². The van der Waals surface area contributed by atoms with Crippen molar-refractivity contribution in [1.82, 2.24) is 4.98 Å². The molecule has 0 amide bonds. The first-order valence-electron chi connectivity index (χ1n) is 4.81. The van der Waals surface area contributed by atoms with Gasteiger partial charge in [-0.1, -0.05) is 18.2 Å². The Morgan fingerprint density at radius 1 is 1.50 bits per heavy atom. The van der Waals surface area contributed by atoms with Crippen LogP contribution in [-0.4, -0.2) is 16.1 Å². The van der Waals surface area contributed by atoms with E-state index in [4.69, 9.17) is 10.4 Å². The van der Waals surface area contributed by atoms with Crippen molar-refractivity contribution < 1.29 is 9.90 Å². The fourth-order valence-electron chi connectivity index (χ4n) is 1.71. The number of aromatic nitrogens is 1. The highest BCUT2D eigenvalue weighted by Gasteiger charge is 2.37. The van der Waals surface area contributed by atoms with E-state index in [9.17, 15) is 4.79 Å². The van der Waals surface area contributed by atoms with Gasteiger partial charge in [0, 0.05) is 22.7 Å². The third-order valence-corrected chi connectivity index (χ3v) is 2.78. The molecule has 1 atom stereocenters. The molecule has 0 aliphatic heterocycles. The molecule has 0 saturated carbocycles. The summed E-state index contributed by atoms with van der Waals surface area (Å²) in [6.45, 7) is 1.41. The van der Waals surface area contributed by atoms with Gasteiger partial charge in [-0.25, -0.2) is 0 Å². The van der Waals surface area contributed by atoms with Gasteiger partial charge >= 0.3 is 5.97 Å². The van der Waals surface area contributed by atoms with Crippen LogP contribution in [0, 0.1) is 11.3 Å². The highest BCUT2D eigenvalue weighted by Crippen LogP contribution is 2.30. The Kier molecular flexibility index (Phi) is 2.17. The molecule has 4 nitrogen and oxygen atoms in total. The summed E-state index contributed by atoms with van der Waals surface area (Å²) >= 11 is 0. The monoisotopic (exact) mass is 214 g/mol. The number of nitrogens with zero attached hydrogens (tertiary/aromatic N) is 1. The molecule has 0 bridgehead atoms. The summed E-state index contributed by atoms with van der Waals surface area (Å²) in [6.07, 6.45) is 1.59. The number of carboxylic acids is 1. The minimum Gasteiger partial charge on any atom is -0.480 e. The van der Waals surface area contributed by atoms with Gasteiger partial charge in [0.05, 0.1) is 6.07 Å². The lowest BCUT2D eigenvalue weighted by Gasteiger charge is -2.14. The average Bonchev–Trinajstić information content (AvgIpc) is 2.72. The van der Waals surface area contributed by atoms with Crippen LogP contribution in [0.5, 0.6) is 0 Å². The van der Waals surface area contributed by atoms with Gasteiger partial charge in [-0.05, 0) is 13.0 Å². The molecule has 4 heteroatoms. The topological polar surface area (TPSA) is 76.9 Å². The SMILES string of the molecule is CC(C#N)(C(=O)O)c1c[nH]c2ccccc12. The van der Waals surface area contributed by atoms with Gasteiger partial charge in [-0.3, -0.25) is 4.79 Å². The number of nitrogens with one attached hydrogen (secondary N) is 1. The van der Waals surface area contributed by atoms with Crippen LogP contribution in [0.1, 0.15) is 12.5 Å². The summed E-state index contributed by atoms with van der Waals surface area (Å²) in [5.74, 6) is -1.14. The second-order valence-electron chi connectivity index (χ2n) is 3.79. The molecule has 0 saturated heterocycles. The molecule has 0 aliphatic carbocycles. The molecule has 80 valence electrons. The molecule has 0 spiro atoms. The van der Waals surface area contributed by atoms with Crippen LogP contribution in [0.2, 0.25) is 0 Å². The van der Waals surface area contributed by atoms with Crippen LogP contribution in [0.15, 0.2) is 30.5 Å². The van der Waals surface area contributed by atoms with Crippen LogP contribution >= 0.6 is 0 Å². The summed E-state index contributed by atoms with van der Waals surface area (Å²) in [4.78, 5) is 14.1. The molecule has 0 aliphatic rings. The molecule has 0 fully saturated rings. The Labute approximate surface area is 92.1 Å². The van der Waals surface area contributed by atoms with E-state index in [2.05, 4.69) is 4.98 Å². The highest BCUT2D eigenvalue weighted by molar-refractivity contribution is 5.93. The van der Waals surface area contributed by atoms with Gasteiger partial charge in [-0.15, -0.1) is 0 Å². The van der Waals surface area contributed by atoms with E-state index < -0.39 is 11.4 Å². The third kappa shape index (κ3) is 1.26. The normalized spacial score (nSPS) is 14.2. The molecule has 1 unspecified atom stereocenters. The van der Waals surface area contributed by atoms with Crippen LogP contribution < -0.4 is 0 Å². The van der Waals surface area contributed by atoms with E-state index in [1.54, 1.807) is 12.3 Å². The summed E-state index contributed by atoms with van der Waals surface area (Å²) in [5, 5.41) is 18.9. The fraction of sp³-hybridized carbons (Fsp3) is 0.167. The first-order chi connectivity index (χ1) is 7.59.